The van der Waals surface area contributed by atoms with E-state index in [1.807, 2.05) is 0 Å². The molecule has 80 valence electrons. The third-order valence-corrected chi connectivity index (χ3v) is 2.82. The maximum atomic E-state index is 11.4. The molecule has 0 aromatic heterocycles. The molecule has 2 unspecified atom stereocenters. The van der Waals surface area contributed by atoms with E-state index >= 15 is 0 Å². The third kappa shape index (κ3) is 1.33. The Balaban J connectivity index is 2.30. The number of cyclic esters (lactones) is 4. The van der Waals surface area contributed by atoms with Crippen LogP contribution < -0.4 is 0 Å². The minimum absolute atomic E-state index is 0.169. The highest BCUT2D eigenvalue weighted by atomic mass is 16.6. The van der Waals surface area contributed by atoms with E-state index in [1.165, 1.54) is 6.92 Å². The molecule has 2 heterocycles. The number of hydrogen-bond acceptors (Lipinski definition) is 6. The van der Waals surface area contributed by atoms with Gasteiger partial charge >= 0.3 is 23.9 Å². The van der Waals surface area contributed by atoms with Gasteiger partial charge < -0.3 is 9.47 Å². The van der Waals surface area contributed by atoms with Crippen molar-refractivity contribution in [3.63, 3.8) is 0 Å². The van der Waals surface area contributed by atoms with E-state index in [0.29, 0.717) is 0 Å². The Bertz CT molecular complexity index is 384. The molecule has 0 bridgehead atoms. The first-order chi connectivity index (χ1) is 6.93. The van der Waals surface area contributed by atoms with Crippen LogP contribution in [-0.2, 0) is 28.7 Å². The lowest BCUT2D eigenvalue weighted by Gasteiger charge is -2.20. The molecule has 2 aliphatic heterocycles. The summed E-state index contributed by atoms with van der Waals surface area (Å²) in [7, 11) is 0. The topological polar surface area (TPSA) is 86.7 Å². The molecule has 6 nitrogen and oxygen atoms in total. The summed E-state index contributed by atoms with van der Waals surface area (Å²) in [6.45, 7) is 1.44. The fourth-order valence-electron chi connectivity index (χ4n) is 1.85. The maximum Gasteiger partial charge on any atom is 0.320 e. The second-order valence-electron chi connectivity index (χ2n) is 3.91. The Morgan fingerprint density at radius 2 is 1.80 bits per heavy atom. The molecular formula is C9H8O6. The molecule has 0 radical (unpaired) electrons. The molecule has 15 heavy (non-hydrogen) atoms. The average molecular weight is 212 g/mol. The van der Waals surface area contributed by atoms with Gasteiger partial charge in [-0.05, 0) is 6.92 Å². The van der Waals surface area contributed by atoms with E-state index in [-0.39, 0.29) is 12.8 Å². The first kappa shape index (κ1) is 9.82. The van der Waals surface area contributed by atoms with Gasteiger partial charge in [0.15, 0.2) is 0 Å². The highest BCUT2D eigenvalue weighted by molar-refractivity contribution is 6.03. The van der Waals surface area contributed by atoms with Crippen LogP contribution in [0.2, 0.25) is 0 Å². The van der Waals surface area contributed by atoms with Crippen LogP contribution in [0.25, 0.3) is 0 Å². The van der Waals surface area contributed by atoms with Crippen molar-refractivity contribution in [2.45, 2.75) is 19.8 Å². The molecule has 2 atom stereocenters. The van der Waals surface area contributed by atoms with Crippen LogP contribution in [0.15, 0.2) is 0 Å². The van der Waals surface area contributed by atoms with Crippen molar-refractivity contribution in [1.29, 1.82) is 0 Å². The Morgan fingerprint density at radius 1 is 1.13 bits per heavy atom. The zero-order valence-corrected chi connectivity index (χ0v) is 7.94. The summed E-state index contributed by atoms with van der Waals surface area (Å²) in [6.07, 6.45) is -0.351. The van der Waals surface area contributed by atoms with Crippen LogP contribution in [0.5, 0.6) is 0 Å². The molecule has 2 saturated heterocycles. The van der Waals surface area contributed by atoms with Crippen LogP contribution in [0.3, 0.4) is 0 Å². The zero-order valence-electron chi connectivity index (χ0n) is 7.94. The molecule has 0 aromatic rings. The predicted octanol–water partition coefficient (Wildman–Crippen LogP) is -0.444. The SMILES string of the molecule is CC1(C2CC(=O)OC2=O)CC(=O)OC1=O. The lowest BCUT2D eigenvalue weighted by atomic mass is 9.75. The summed E-state index contributed by atoms with van der Waals surface area (Å²) in [5, 5.41) is 0. The summed E-state index contributed by atoms with van der Waals surface area (Å²) in [6, 6.07) is 0. The molecule has 6 heteroatoms. The van der Waals surface area contributed by atoms with Crippen LogP contribution in [-0.4, -0.2) is 23.9 Å². The minimum atomic E-state index is -1.25. The number of carbonyl (C=O) groups is 4. The van der Waals surface area contributed by atoms with Gasteiger partial charge in [-0.3, -0.25) is 19.2 Å². The predicted molar refractivity (Wildman–Crippen MR) is 43.0 cm³/mol. The van der Waals surface area contributed by atoms with E-state index in [2.05, 4.69) is 9.47 Å². The highest BCUT2D eigenvalue weighted by Gasteiger charge is 2.57. The summed E-state index contributed by atoms with van der Waals surface area (Å²) in [5.41, 5.74) is -1.25. The number of carbonyl (C=O) groups excluding carboxylic acids is 4. The maximum absolute atomic E-state index is 11.4. The summed E-state index contributed by atoms with van der Waals surface area (Å²) >= 11 is 0. The van der Waals surface area contributed by atoms with Crippen LogP contribution in [0.4, 0.5) is 0 Å². The summed E-state index contributed by atoms with van der Waals surface area (Å²) in [4.78, 5) is 44.5. The van der Waals surface area contributed by atoms with Gasteiger partial charge in [-0.25, -0.2) is 0 Å². The molecule has 0 saturated carbocycles. The Kier molecular flexibility index (Phi) is 1.89. The van der Waals surface area contributed by atoms with Crippen molar-refractivity contribution in [3.05, 3.63) is 0 Å². The Labute approximate surface area is 84.5 Å². The van der Waals surface area contributed by atoms with Gasteiger partial charge in [0.2, 0.25) is 0 Å². The highest BCUT2D eigenvalue weighted by Crippen LogP contribution is 2.42. The van der Waals surface area contributed by atoms with Crippen molar-refractivity contribution >= 4 is 23.9 Å². The van der Waals surface area contributed by atoms with Gasteiger partial charge in [-0.2, -0.15) is 0 Å². The molecule has 0 aromatic carbocycles. The zero-order chi connectivity index (χ0) is 11.2. The summed E-state index contributed by atoms with van der Waals surface area (Å²) in [5.74, 6) is -3.75. The van der Waals surface area contributed by atoms with E-state index in [4.69, 9.17) is 0 Å². The van der Waals surface area contributed by atoms with Crippen molar-refractivity contribution < 1.29 is 28.7 Å². The number of hydrogen-bond donors (Lipinski definition) is 0. The van der Waals surface area contributed by atoms with Crippen molar-refractivity contribution in [2.75, 3.05) is 0 Å². The standard InChI is InChI=1S/C9H8O6/c1-9(3-6(11)15-8(9)13)4-2-5(10)14-7(4)12/h4H,2-3H2,1H3. The van der Waals surface area contributed by atoms with Gasteiger partial charge in [-0.1, -0.05) is 0 Å². The lowest BCUT2D eigenvalue weighted by molar-refractivity contribution is -0.161. The van der Waals surface area contributed by atoms with E-state index < -0.39 is 35.2 Å². The van der Waals surface area contributed by atoms with Crippen LogP contribution in [0, 0.1) is 11.3 Å². The van der Waals surface area contributed by atoms with E-state index in [0.717, 1.165) is 0 Å². The van der Waals surface area contributed by atoms with Gasteiger partial charge in [0.25, 0.3) is 0 Å². The molecule has 2 rings (SSSR count). The van der Waals surface area contributed by atoms with Crippen molar-refractivity contribution in [1.82, 2.24) is 0 Å². The number of rotatable bonds is 1. The molecule has 2 aliphatic rings. The first-order valence-electron chi connectivity index (χ1n) is 4.43. The van der Waals surface area contributed by atoms with E-state index in [9.17, 15) is 19.2 Å². The van der Waals surface area contributed by atoms with Gasteiger partial charge in [0.05, 0.1) is 24.2 Å². The number of ether oxygens (including phenoxy) is 2. The molecular weight excluding hydrogens is 204 g/mol. The monoisotopic (exact) mass is 212 g/mol. The molecule has 0 aliphatic carbocycles. The fourth-order valence-corrected chi connectivity index (χ4v) is 1.85. The van der Waals surface area contributed by atoms with Crippen molar-refractivity contribution in [3.8, 4) is 0 Å². The number of esters is 4. The van der Waals surface area contributed by atoms with Gasteiger partial charge in [-0.15, -0.1) is 0 Å². The average Bonchev–Trinajstić information content (AvgIpc) is 2.55. The Hall–Kier alpha value is -1.72. The minimum Gasteiger partial charge on any atom is -0.393 e. The van der Waals surface area contributed by atoms with Gasteiger partial charge in [0, 0.05) is 0 Å². The van der Waals surface area contributed by atoms with Gasteiger partial charge in [0.1, 0.15) is 0 Å². The second kappa shape index (κ2) is 2.88. The molecule has 0 N–H and O–H groups in total. The van der Waals surface area contributed by atoms with E-state index in [1.54, 1.807) is 0 Å². The Morgan fingerprint density at radius 3 is 2.20 bits per heavy atom. The third-order valence-electron chi connectivity index (χ3n) is 2.82. The quantitative estimate of drug-likeness (QED) is 0.432. The molecule has 0 spiro atoms. The second-order valence-corrected chi connectivity index (χ2v) is 3.91. The molecule has 0 amide bonds. The summed E-state index contributed by atoms with van der Waals surface area (Å²) < 4.78 is 8.71. The lowest BCUT2D eigenvalue weighted by Crippen LogP contribution is -2.34. The first-order valence-corrected chi connectivity index (χ1v) is 4.43. The van der Waals surface area contributed by atoms with Crippen LogP contribution in [0.1, 0.15) is 19.8 Å². The molecule has 2 fully saturated rings. The normalized spacial score (nSPS) is 35.7. The van der Waals surface area contributed by atoms with Crippen molar-refractivity contribution in [2.24, 2.45) is 11.3 Å². The van der Waals surface area contributed by atoms with Crippen LogP contribution >= 0.6 is 0 Å². The smallest absolute Gasteiger partial charge is 0.320 e. The fraction of sp³-hybridized carbons (Fsp3) is 0.556. The largest absolute Gasteiger partial charge is 0.393 e.